The van der Waals surface area contributed by atoms with Gasteiger partial charge in [0.25, 0.3) is 5.91 Å². The van der Waals surface area contributed by atoms with E-state index in [0.717, 1.165) is 39.0 Å². The molecule has 2 aromatic rings. The molecular weight excluding hydrogens is 316 g/mol. The summed E-state index contributed by atoms with van der Waals surface area (Å²) in [6.45, 7) is 4.41. The first-order valence-electron chi connectivity index (χ1n) is 7.92. The average Bonchev–Trinajstić information content (AvgIpc) is 3.08. The van der Waals surface area contributed by atoms with E-state index in [1.54, 1.807) is 11.3 Å². The molecule has 4 fully saturated rings. The molecule has 3 nitrogen and oxygen atoms in total. The van der Waals surface area contributed by atoms with Gasteiger partial charge >= 0.3 is 0 Å². The Morgan fingerprint density at radius 2 is 2.18 bits per heavy atom. The van der Waals surface area contributed by atoms with Gasteiger partial charge in [-0.3, -0.25) is 4.79 Å². The summed E-state index contributed by atoms with van der Waals surface area (Å²) in [6, 6.07) is 8.29. The first-order chi connectivity index (χ1) is 10.7. The molecule has 114 valence electrons. The quantitative estimate of drug-likeness (QED) is 0.799. The van der Waals surface area contributed by atoms with Crippen LogP contribution in [0.3, 0.4) is 0 Å². The van der Waals surface area contributed by atoms with Crippen LogP contribution in [-0.2, 0) is 0 Å². The summed E-state index contributed by atoms with van der Waals surface area (Å²) < 4.78 is 1.10. The van der Waals surface area contributed by atoms with Gasteiger partial charge in [-0.05, 0) is 43.0 Å². The largest absolute Gasteiger partial charge is 0.333 e. The van der Waals surface area contributed by atoms with Gasteiger partial charge in [0.2, 0.25) is 0 Å². The number of rotatable bonds is 1. The lowest BCUT2D eigenvalue weighted by Gasteiger charge is -2.44. The third-order valence-corrected chi connectivity index (χ3v) is 7.05. The van der Waals surface area contributed by atoms with Crippen LogP contribution in [0.1, 0.15) is 16.1 Å². The van der Waals surface area contributed by atoms with Crippen molar-refractivity contribution in [3.63, 3.8) is 0 Å². The third-order valence-electron chi connectivity index (χ3n) is 5.63. The molecule has 5 heterocycles. The zero-order valence-electron chi connectivity index (χ0n) is 12.2. The average molecular weight is 333 g/mol. The van der Waals surface area contributed by atoms with Crippen LogP contribution in [0.25, 0.3) is 10.1 Å². The van der Waals surface area contributed by atoms with Gasteiger partial charge in [-0.2, -0.15) is 0 Å². The van der Waals surface area contributed by atoms with Crippen LogP contribution < -0.4 is 0 Å². The van der Waals surface area contributed by atoms with Crippen molar-refractivity contribution < 1.29 is 4.79 Å². The van der Waals surface area contributed by atoms with Crippen molar-refractivity contribution in [1.29, 1.82) is 0 Å². The molecule has 22 heavy (non-hydrogen) atoms. The number of carbonyl (C=O) groups is 1. The summed E-state index contributed by atoms with van der Waals surface area (Å²) in [6.07, 6.45) is 1.26. The summed E-state index contributed by atoms with van der Waals surface area (Å²) in [4.78, 5) is 18.5. The van der Waals surface area contributed by atoms with E-state index in [2.05, 4.69) is 9.80 Å². The Bertz CT molecular complexity index is 773. The van der Waals surface area contributed by atoms with Gasteiger partial charge in [0.15, 0.2) is 0 Å². The highest BCUT2D eigenvalue weighted by molar-refractivity contribution is 7.20. The van der Waals surface area contributed by atoms with Crippen molar-refractivity contribution in [3.05, 3.63) is 34.2 Å². The van der Waals surface area contributed by atoms with Crippen LogP contribution in [0.5, 0.6) is 0 Å². The second kappa shape index (κ2) is 4.70. The van der Waals surface area contributed by atoms with Gasteiger partial charge in [0, 0.05) is 40.8 Å². The van der Waals surface area contributed by atoms with Gasteiger partial charge in [-0.25, -0.2) is 0 Å². The zero-order valence-corrected chi connectivity index (χ0v) is 13.7. The molecule has 1 aromatic carbocycles. The number of piperidine rings is 3. The van der Waals surface area contributed by atoms with E-state index in [1.165, 1.54) is 19.5 Å². The topological polar surface area (TPSA) is 23.6 Å². The number of nitrogens with zero attached hydrogens (tertiary/aromatic N) is 2. The van der Waals surface area contributed by atoms with Crippen LogP contribution in [0.4, 0.5) is 0 Å². The first-order valence-corrected chi connectivity index (χ1v) is 9.11. The fourth-order valence-electron chi connectivity index (χ4n) is 4.61. The number of halogens is 1. The van der Waals surface area contributed by atoms with Crippen molar-refractivity contribution in [1.82, 2.24) is 9.80 Å². The fraction of sp³-hybridized carbons (Fsp3) is 0.471. The second-order valence-corrected chi connectivity index (χ2v) is 8.25. The summed E-state index contributed by atoms with van der Waals surface area (Å²) >= 11 is 7.82. The molecular formula is C17H17ClN2OS. The maximum Gasteiger partial charge on any atom is 0.264 e. The van der Waals surface area contributed by atoms with E-state index in [4.69, 9.17) is 11.6 Å². The van der Waals surface area contributed by atoms with Crippen LogP contribution in [-0.4, -0.2) is 47.9 Å². The number of hydrogen-bond acceptors (Lipinski definition) is 3. The van der Waals surface area contributed by atoms with Crippen LogP contribution in [0, 0.1) is 11.8 Å². The molecule has 0 saturated carbocycles. The normalized spacial score (nSPS) is 32.9. The van der Waals surface area contributed by atoms with Gasteiger partial charge in [-0.1, -0.05) is 17.7 Å². The molecule has 4 atom stereocenters. The summed E-state index contributed by atoms with van der Waals surface area (Å²) in [5, 5.41) is 1.74. The minimum absolute atomic E-state index is 0.207. The smallest absolute Gasteiger partial charge is 0.264 e. The van der Waals surface area contributed by atoms with Gasteiger partial charge in [0.1, 0.15) is 0 Å². The summed E-state index contributed by atoms with van der Waals surface area (Å²) in [5.74, 6) is 1.62. The zero-order chi connectivity index (χ0) is 14.8. The lowest BCUT2D eigenvalue weighted by atomic mass is 9.80. The van der Waals surface area contributed by atoms with E-state index in [-0.39, 0.29) is 5.91 Å². The van der Waals surface area contributed by atoms with Gasteiger partial charge < -0.3 is 9.80 Å². The SMILES string of the molecule is O=C(c1cc2c(Cl)cccc2s1)N1C[C@@H]2CN3CCC2[C@@H]1C3. The number of benzene rings is 1. The molecule has 0 radical (unpaired) electrons. The van der Waals surface area contributed by atoms with E-state index >= 15 is 0 Å². The lowest BCUT2D eigenvalue weighted by Crippen LogP contribution is -2.54. The standard InChI is InChI=1S/C17H17ClN2OS/c18-13-2-1-3-15-12(13)6-16(22-15)17(21)20-8-10-7-19-5-4-11(10)14(20)9-19/h1-3,6,10-11,14H,4-5,7-9H2/t10-,11?,14-/m0/s1. The van der Waals surface area contributed by atoms with E-state index in [0.29, 0.717) is 12.0 Å². The Hall–Kier alpha value is -1.10. The predicted octanol–water partition coefficient (Wildman–Crippen LogP) is 3.33. The second-order valence-electron chi connectivity index (χ2n) is 6.76. The molecule has 2 unspecified atom stereocenters. The maximum absolute atomic E-state index is 13.0. The van der Waals surface area contributed by atoms with Crippen molar-refractivity contribution >= 4 is 38.9 Å². The Balaban J connectivity index is 1.50. The van der Waals surface area contributed by atoms with Crippen molar-refractivity contribution in [2.24, 2.45) is 11.8 Å². The Morgan fingerprint density at radius 1 is 1.27 bits per heavy atom. The number of hydrogen-bond donors (Lipinski definition) is 0. The minimum Gasteiger partial charge on any atom is -0.333 e. The number of carbonyl (C=O) groups excluding carboxylic acids is 1. The molecule has 0 spiro atoms. The molecule has 0 aliphatic carbocycles. The van der Waals surface area contributed by atoms with E-state index < -0.39 is 0 Å². The van der Waals surface area contributed by atoms with E-state index in [1.807, 2.05) is 24.3 Å². The van der Waals surface area contributed by atoms with Crippen molar-refractivity contribution in [2.75, 3.05) is 26.2 Å². The summed E-state index contributed by atoms with van der Waals surface area (Å²) in [7, 11) is 0. The Labute approximate surface area is 138 Å². The molecule has 5 heteroatoms. The lowest BCUT2D eigenvalue weighted by molar-refractivity contribution is 0.0425. The number of amides is 1. The number of thiophene rings is 1. The molecule has 4 bridgehead atoms. The first kappa shape index (κ1) is 13.3. The highest BCUT2D eigenvalue weighted by Crippen LogP contribution is 2.42. The molecule has 6 rings (SSSR count). The van der Waals surface area contributed by atoms with Crippen LogP contribution in [0.15, 0.2) is 24.3 Å². The van der Waals surface area contributed by atoms with Crippen molar-refractivity contribution in [3.8, 4) is 0 Å². The summed E-state index contributed by atoms with van der Waals surface area (Å²) in [5.41, 5.74) is 0. The highest BCUT2D eigenvalue weighted by Gasteiger charge is 2.51. The molecule has 0 N–H and O–H groups in total. The monoisotopic (exact) mass is 332 g/mol. The van der Waals surface area contributed by atoms with Crippen LogP contribution in [0.2, 0.25) is 5.02 Å². The number of likely N-dealkylation sites (tertiary alicyclic amines) is 1. The number of fused-ring (bicyclic) bond motifs is 2. The molecule has 1 amide bonds. The third kappa shape index (κ3) is 1.81. The van der Waals surface area contributed by atoms with E-state index in [9.17, 15) is 4.79 Å². The minimum atomic E-state index is 0.207. The fourth-order valence-corrected chi connectivity index (χ4v) is 5.94. The Kier molecular flexibility index (Phi) is 2.85. The molecule has 1 aromatic heterocycles. The van der Waals surface area contributed by atoms with Gasteiger partial charge in [0.05, 0.1) is 4.88 Å². The molecule has 4 aliphatic heterocycles. The molecule has 4 aliphatic rings. The van der Waals surface area contributed by atoms with Crippen molar-refractivity contribution in [2.45, 2.75) is 12.5 Å². The highest BCUT2D eigenvalue weighted by atomic mass is 35.5. The maximum atomic E-state index is 13.0. The van der Waals surface area contributed by atoms with Crippen LogP contribution >= 0.6 is 22.9 Å². The molecule has 4 saturated heterocycles. The van der Waals surface area contributed by atoms with Gasteiger partial charge in [-0.15, -0.1) is 11.3 Å². The Morgan fingerprint density at radius 3 is 2.95 bits per heavy atom. The predicted molar refractivity (Wildman–Crippen MR) is 89.7 cm³/mol.